The minimum absolute atomic E-state index is 0.0931. The second-order valence-corrected chi connectivity index (χ2v) is 5.38. The number of hydrogen-bond acceptors (Lipinski definition) is 5. The maximum absolute atomic E-state index is 8.82. The number of fused-ring (bicyclic) bond motifs is 1. The minimum Gasteiger partial charge on any atom is -0.398 e. The van der Waals surface area contributed by atoms with Gasteiger partial charge >= 0.3 is 0 Å². The van der Waals surface area contributed by atoms with Crippen molar-refractivity contribution in [3.05, 3.63) is 30.6 Å². The van der Waals surface area contributed by atoms with E-state index in [0.717, 1.165) is 42.4 Å². The van der Waals surface area contributed by atoms with Gasteiger partial charge in [0.1, 0.15) is 0 Å². The summed E-state index contributed by atoms with van der Waals surface area (Å²) in [6.07, 6.45) is 5.86. The van der Waals surface area contributed by atoms with Crippen LogP contribution in [0.2, 0.25) is 0 Å². The van der Waals surface area contributed by atoms with Gasteiger partial charge in [-0.25, -0.2) is 0 Å². The number of nitrogen functional groups attached to an aromatic ring is 1. The molecule has 21 heavy (non-hydrogen) atoms. The van der Waals surface area contributed by atoms with Gasteiger partial charge in [-0.3, -0.25) is 4.98 Å². The van der Waals surface area contributed by atoms with Crippen LogP contribution in [0.4, 0.5) is 11.4 Å². The van der Waals surface area contributed by atoms with Crippen molar-refractivity contribution in [2.75, 3.05) is 36.9 Å². The highest BCUT2D eigenvalue weighted by Crippen LogP contribution is 2.32. The highest BCUT2D eigenvalue weighted by molar-refractivity contribution is 6.00. The lowest BCUT2D eigenvalue weighted by Crippen LogP contribution is -2.37. The van der Waals surface area contributed by atoms with Crippen LogP contribution in [0.25, 0.3) is 10.8 Å². The topological polar surface area (TPSA) is 71.6 Å². The molecule has 1 fully saturated rings. The van der Waals surface area contributed by atoms with E-state index in [2.05, 4.69) is 16.0 Å². The Morgan fingerprint density at radius 3 is 2.81 bits per heavy atom. The molecule has 3 rings (SSSR count). The zero-order chi connectivity index (χ0) is 14.7. The molecule has 5 nitrogen and oxygen atoms in total. The van der Waals surface area contributed by atoms with Gasteiger partial charge in [0.2, 0.25) is 0 Å². The predicted molar refractivity (Wildman–Crippen MR) is 84.4 cm³/mol. The molecule has 0 saturated carbocycles. The van der Waals surface area contributed by atoms with Crippen molar-refractivity contribution < 1.29 is 9.84 Å². The molecule has 0 spiro atoms. The maximum Gasteiger partial charge on any atom is 0.0701 e. The first-order valence-corrected chi connectivity index (χ1v) is 7.39. The Labute approximate surface area is 124 Å². The molecule has 0 bridgehead atoms. The summed E-state index contributed by atoms with van der Waals surface area (Å²) >= 11 is 0. The Bertz CT molecular complexity index is 609. The third kappa shape index (κ3) is 2.94. The van der Waals surface area contributed by atoms with E-state index in [1.165, 1.54) is 5.69 Å². The number of pyridine rings is 1. The molecule has 2 aromatic rings. The molecule has 0 aliphatic carbocycles. The van der Waals surface area contributed by atoms with Crippen molar-refractivity contribution in [1.82, 2.24) is 4.98 Å². The molecule has 0 unspecified atom stereocenters. The van der Waals surface area contributed by atoms with Crippen LogP contribution in [0.1, 0.15) is 12.8 Å². The van der Waals surface area contributed by atoms with Crippen LogP contribution < -0.4 is 10.6 Å². The molecule has 0 radical (unpaired) electrons. The van der Waals surface area contributed by atoms with E-state index in [1.54, 1.807) is 0 Å². The van der Waals surface area contributed by atoms with Crippen molar-refractivity contribution in [3.8, 4) is 0 Å². The maximum atomic E-state index is 8.82. The number of anilines is 2. The van der Waals surface area contributed by atoms with Gasteiger partial charge in [-0.15, -0.1) is 0 Å². The first kappa shape index (κ1) is 14.1. The molecule has 1 saturated heterocycles. The number of aliphatic hydroxyl groups is 1. The van der Waals surface area contributed by atoms with E-state index in [-0.39, 0.29) is 12.7 Å². The monoisotopic (exact) mass is 287 g/mol. The molecule has 2 heterocycles. The van der Waals surface area contributed by atoms with Gasteiger partial charge in [-0.2, -0.15) is 0 Å². The fourth-order valence-corrected chi connectivity index (χ4v) is 2.95. The average Bonchev–Trinajstić information content (AvgIpc) is 2.54. The molecular weight excluding hydrogens is 266 g/mol. The first-order valence-electron chi connectivity index (χ1n) is 7.39. The molecule has 3 N–H and O–H groups in total. The third-order valence-corrected chi connectivity index (χ3v) is 4.06. The number of aliphatic hydroxyl groups excluding tert-OH is 1. The lowest BCUT2D eigenvalue weighted by atomic mass is 10.0. The quantitative estimate of drug-likeness (QED) is 0.839. The van der Waals surface area contributed by atoms with E-state index >= 15 is 0 Å². The lowest BCUT2D eigenvalue weighted by molar-refractivity contribution is 0.0159. The van der Waals surface area contributed by atoms with Crippen molar-refractivity contribution in [2.24, 2.45) is 0 Å². The number of nitrogens with zero attached hydrogens (tertiary/aromatic N) is 2. The Morgan fingerprint density at radius 2 is 2.05 bits per heavy atom. The third-order valence-electron chi connectivity index (χ3n) is 4.06. The van der Waals surface area contributed by atoms with Crippen LogP contribution >= 0.6 is 0 Å². The van der Waals surface area contributed by atoms with E-state index in [4.69, 9.17) is 15.6 Å². The molecule has 112 valence electrons. The van der Waals surface area contributed by atoms with E-state index in [1.807, 2.05) is 24.5 Å². The van der Waals surface area contributed by atoms with E-state index < -0.39 is 0 Å². The Morgan fingerprint density at radius 1 is 1.24 bits per heavy atom. The van der Waals surface area contributed by atoms with Crippen LogP contribution in [-0.2, 0) is 4.74 Å². The summed E-state index contributed by atoms with van der Waals surface area (Å²) in [5, 5.41) is 11.0. The Balaban J connectivity index is 1.78. The van der Waals surface area contributed by atoms with Gasteiger partial charge in [-0.05, 0) is 31.0 Å². The van der Waals surface area contributed by atoms with E-state index in [0.29, 0.717) is 6.61 Å². The van der Waals surface area contributed by atoms with Crippen molar-refractivity contribution in [3.63, 3.8) is 0 Å². The number of benzene rings is 1. The number of piperidine rings is 1. The van der Waals surface area contributed by atoms with Gasteiger partial charge in [0.25, 0.3) is 0 Å². The number of nitrogens with two attached hydrogens (primary N) is 1. The second kappa shape index (κ2) is 6.28. The zero-order valence-corrected chi connectivity index (χ0v) is 12.0. The minimum atomic E-state index is 0.0931. The van der Waals surface area contributed by atoms with Crippen molar-refractivity contribution in [2.45, 2.75) is 18.9 Å². The summed E-state index contributed by atoms with van der Waals surface area (Å²) in [4.78, 5) is 6.54. The smallest absolute Gasteiger partial charge is 0.0701 e. The fourth-order valence-electron chi connectivity index (χ4n) is 2.95. The largest absolute Gasteiger partial charge is 0.398 e. The number of rotatable bonds is 4. The molecule has 5 heteroatoms. The summed E-state index contributed by atoms with van der Waals surface area (Å²) in [5.41, 5.74) is 8.01. The summed E-state index contributed by atoms with van der Waals surface area (Å²) < 4.78 is 5.62. The molecule has 0 atom stereocenters. The first-order chi connectivity index (χ1) is 10.3. The molecule has 1 aliphatic rings. The van der Waals surface area contributed by atoms with Crippen molar-refractivity contribution >= 4 is 22.1 Å². The van der Waals surface area contributed by atoms with Crippen LogP contribution in [0, 0.1) is 0 Å². The number of hydrogen-bond donors (Lipinski definition) is 2. The van der Waals surface area contributed by atoms with E-state index in [9.17, 15) is 0 Å². The standard InChI is InChI=1S/C16H21N3O2/c17-15-1-2-16(13-3-6-18-11-14(13)15)19-7-4-12(5-8-19)21-10-9-20/h1-3,6,11-12,20H,4-5,7-10,17H2. The lowest BCUT2D eigenvalue weighted by Gasteiger charge is -2.34. The van der Waals surface area contributed by atoms with Crippen LogP contribution in [-0.4, -0.2) is 42.5 Å². The zero-order valence-electron chi connectivity index (χ0n) is 12.0. The SMILES string of the molecule is Nc1ccc(N2CCC(OCCO)CC2)c2ccncc12. The Hall–Kier alpha value is -1.85. The van der Waals surface area contributed by atoms with Gasteiger partial charge in [0.05, 0.1) is 19.3 Å². The second-order valence-electron chi connectivity index (χ2n) is 5.38. The van der Waals surface area contributed by atoms with Crippen LogP contribution in [0.5, 0.6) is 0 Å². The highest BCUT2D eigenvalue weighted by atomic mass is 16.5. The highest BCUT2D eigenvalue weighted by Gasteiger charge is 2.21. The van der Waals surface area contributed by atoms with Gasteiger partial charge < -0.3 is 20.5 Å². The average molecular weight is 287 g/mol. The van der Waals surface area contributed by atoms with Gasteiger partial charge in [0.15, 0.2) is 0 Å². The Kier molecular flexibility index (Phi) is 4.22. The molecule has 1 aromatic heterocycles. The molecule has 1 aliphatic heterocycles. The summed E-state index contributed by atoms with van der Waals surface area (Å²) in [6.45, 7) is 2.44. The summed E-state index contributed by atoms with van der Waals surface area (Å²) in [6, 6.07) is 6.07. The van der Waals surface area contributed by atoms with Gasteiger partial charge in [-0.1, -0.05) is 0 Å². The molecular formula is C16H21N3O2. The normalized spacial score (nSPS) is 16.5. The van der Waals surface area contributed by atoms with Crippen LogP contribution in [0.15, 0.2) is 30.6 Å². The van der Waals surface area contributed by atoms with Crippen LogP contribution in [0.3, 0.4) is 0 Å². The molecule has 0 amide bonds. The summed E-state index contributed by atoms with van der Waals surface area (Å²) in [5.74, 6) is 0. The number of ether oxygens (including phenoxy) is 1. The predicted octanol–water partition coefficient (Wildman–Crippen LogP) is 1.79. The summed E-state index contributed by atoms with van der Waals surface area (Å²) in [7, 11) is 0. The number of aromatic nitrogens is 1. The van der Waals surface area contributed by atoms with Crippen molar-refractivity contribution in [1.29, 1.82) is 0 Å². The molecule has 1 aromatic carbocycles. The fraction of sp³-hybridized carbons (Fsp3) is 0.438. The van der Waals surface area contributed by atoms with Gasteiger partial charge in [0, 0.05) is 47.6 Å².